The van der Waals surface area contributed by atoms with Gasteiger partial charge in [0.05, 0.1) is 5.04 Å². The smallest absolute Gasteiger partial charge is 0.0707 e. The normalized spacial score (nSPS) is 33.8. The molecule has 9 heavy (non-hydrogen) atoms. The lowest BCUT2D eigenvalue weighted by Crippen LogP contribution is -2.10. The molecule has 0 N–H and O–H groups in total. The summed E-state index contributed by atoms with van der Waals surface area (Å²) in [5.74, 6) is 2.20. The Morgan fingerprint density at radius 2 is 2.44 bits per heavy atom. The number of fused-ring (bicyclic) bond motifs is 1. The summed E-state index contributed by atoms with van der Waals surface area (Å²) < 4.78 is 0. The molecule has 0 radical (unpaired) electrons. The van der Waals surface area contributed by atoms with Crippen molar-refractivity contribution in [2.75, 3.05) is 12.3 Å². The van der Waals surface area contributed by atoms with Gasteiger partial charge in [0.25, 0.3) is 0 Å². The average molecular weight is 141 g/mol. The monoisotopic (exact) mass is 141 g/mol. The van der Waals surface area contributed by atoms with Crippen LogP contribution >= 0.6 is 11.8 Å². The van der Waals surface area contributed by atoms with Crippen LogP contribution in [0.2, 0.25) is 0 Å². The molecule has 0 amide bonds. The first kappa shape index (κ1) is 5.78. The Bertz CT molecular complexity index is 142. The van der Waals surface area contributed by atoms with Crippen molar-refractivity contribution < 1.29 is 0 Å². The minimum Gasteiger partial charge on any atom is -0.283 e. The fourth-order valence-corrected chi connectivity index (χ4v) is 2.78. The Balaban J connectivity index is 2.16. The zero-order valence-electron chi connectivity index (χ0n) is 5.47. The molecule has 2 aliphatic heterocycles. The van der Waals surface area contributed by atoms with E-state index < -0.39 is 0 Å². The molecule has 50 valence electrons. The molecule has 1 nitrogen and oxygen atoms in total. The van der Waals surface area contributed by atoms with Crippen LogP contribution in [0.15, 0.2) is 4.99 Å². The van der Waals surface area contributed by atoms with E-state index in [4.69, 9.17) is 0 Å². The van der Waals surface area contributed by atoms with Gasteiger partial charge in [-0.05, 0) is 25.0 Å². The van der Waals surface area contributed by atoms with Crippen LogP contribution < -0.4 is 0 Å². The first-order valence-corrected chi connectivity index (χ1v) is 4.62. The Hall–Kier alpha value is 0.0200. The molecule has 2 heteroatoms. The van der Waals surface area contributed by atoms with Crippen LogP contribution in [0.5, 0.6) is 0 Å². The highest BCUT2D eigenvalue weighted by atomic mass is 32.2. The summed E-state index contributed by atoms with van der Waals surface area (Å²) in [5, 5.41) is 1.46. The average Bonchev–Trinajstić information content (AvgIpc) is 2.33. The van der Waals surface area contributed by atoms with Gasteiger partial charge in [0.1, 0.15) is 0 Å². The quantitative estimate of drug-likeness (QED) is 0.502. The highest BCUT2D eigenvalue weighted by Crippen LogP contribution is 2.32. The maximum absolute atomic E-state index is 4.47. The molecule has 0 spiro atoms. The molecule has 0 bridgehead atoms. The van der Waals surface area contributed by atoms with Crippen molar-refractivity contribution in [3.8, 4) is 0 Å². The van der Waals surface area contributed by atoms with Gasteiger partial charge in [-0.3, -0.25) is 4.99 Å². The van der Waals surface area contributed by atoms with Crippen molar-refractivity contribution in [3.63, 3.8) is 0 Å². The Labute approximate surface area is 59.9 Å². The molecule has 0 saturated carbocycles. The molecule has 2 rings (SSSR count). The van der Waals surface area contributed by atoms with Gasteiger partial charge in [-0.2, -0.15) is 0 Å². The zero-order valence-corrected chi connectivity index (χ0v) is 6.28. The van der Waals surface area contributed by atoms with Gasteiger partial charge in [-0.15, -0.1) is 11.8 Å². The number of aliphatic imine (C=N–C) groups is 1. The van der Waals surface area contributed by atoms with Crippen molar-refractivity contribution in [1.82, 2.24) is 0 Å². The van der Waals surface area contributed by atoms with E-state index in [0.29, 0.717) is 0 Å². The summed E-state index contributed by atoms with van der Waals surface area (Å²) in [7, 11) is 0. The number of hydrogen-bond acceptors (Lipinski definition) is 2. The van der Waals surface area contributed by atoms with Crippen LogP contribution in [0.1, 0.15) is 19.3 Å². The van der Waals surface area contributed by atoms with Crippen molar-refractivity contribution in [1.29, 1.82) is 0 Å². The zero-order chi connectivity index (χ0) is 6.10. The fraction of sp³-hybridized carbons (Fsp3) is 0.857. The molecule has 0 aromatic heterocycles. The van der Waals surface area contributed by atoms with Crippen molar-refractivity contribution in [2.45, 2.75) is 19.3 Å². The lowest BCUT2D eigenvalue weighted by Gasteiger charge is -2.13. The summed E-state index contributed by atoms with van der Waals surface area (Å²) in [6.45, 7) is 1.10. The third kappa shape index (κ3) is 1.00. The van der Waals surface area contributed by atoms with Crippen LogP contribution in [0.4, 0.5) is 0 Å². The van der Waals surface area contributed by atoms with E-state index in [-0.39, 0.29) is 0 Å². The number of thioether (sulfide) groups is 1. The Morgan fingerprint density at radius 3 is 3.33 bits per heavy atom. The van der Waals surface area contributed by atoms with Crippen LogP contribution in [0.25, 0.3) is 0 Å². The van der Waals surface area contributed by atoms with Gasteiger partial charge in [0, 0.05) is 12.5 Å². The summed E-state index contributed by atoms with van der Waals surface area (Å²) in [5.41, 5.74) is 0. The first-order chi connectivity index (χ1) is 4.47. The molecular weight excluding hydrogens is 130 g/mol. The molecule has 0 aromatic carbocycles. The molecule has 0 aliphatic carbocycles. The topological polar surface area (TPSA) is 12.4 Å². The van der Waals surface area contributed by atoms with E-state index in [1.54, 1.807) is 0 Å². The van der Waals surface area contributed by atoms with E-state index >= 15 is 0 Å². The second-order valence-corrected chi connectivity index (χ2v) is 3.81. The molecule has 1 unspecified atom stereocenters. The van der Waals surface area contributed by atoms with E-state index in [1.807, 2.05) is 11.8 Å². The minimum absolute atomic E-state index is 0.878. The van der Waals surface area contributed by atoms with Crippen LogP contribution in [-0.2, 0) is 0 Å². The molecule has 1 fully saturated rings. The fourth-order valence-electron chi connectivity index (χ4n) is 1.52. The summed E-state index contributed by atoms with van der Waals surface area (Å²) in [6.07, 6.45) is 4.13. The Kier molecular flexibility index (Phi) is 1.50. The van der Waals surface area contributed by atoms with Crippen LogP contribution in [0, 0.1) is 5.92 Å². The van der Waals surface area contributed by atoms with Gasteiger partial charge in [0.15, 0.2) is 0 Å². The highest BCUT2D eigenvalue weighted by Gasteiger charge is 2.24. The van der Waals surface area contributed by atoms with Gasteiger partial charge >= 0.3 is 0 Å². The maximum Gasteiger partial charge on any atom is 0.0707 e. The van der Waals surface area contributed by atoms with E-state index in [0.717, 1.165) is 12.5 Å². The number of nitrogens with zero attached hydrogens (tertiary/aromatic N) is 1. The summed E-state index contributed by atoms with van der Waals surface area (Å²) in [6, 6.07) is 0. The molecular formula is C7H11NS. The summed E-state index contributed by atoms with van der Waals surface area (Å²) in [4.78, 5) is 4.47. The largest absolute Gasteiger partial charge is 0.283 e. The lowest BCUT2D eigenvalue weighted by molar-refractivity contribution is 0.573. The van der Waals surface area contributed by atoms with E-state index in [1.165, 1.54) is 30.1 Å². The van der Waals surface area contributed by atoms with Crippen molar-refractivity contribution in [2.24, 2.45) is 10.9 Å². The van der Waals surface area contributed by atoms with E-state index in [2.05, 4.69) is 4.99 Å². The SMILES string of the molecule is C1CN=C2SCCC2C1. The second kappa shape index (κ2) is 2.33. The van der Waals surface area contributed by atoms with Gasteiger partial charge < -0.3 is 0 Å². The molecule has 2 heterocycles. The predicted molar refractivity (Wildman–Crippen MR) is 42.1 cm³/mol. The molecule has 0 aromatic rings. The molecule has 1 atom stereocenters. The van der Waals surface area contributed by atoms with Crippen molar-refractivity contribution in [3.05, 3.63) is 0 Å². The molecule has 2 aliphatic rings. The minimum atomic E-state index is 0.878. The van der Waals surface area contributed by atoms with Gasteiger partial charge in [-0.25, -0.2) is 0 Å². The van der Waals surface area contributed by atoms with Gasteiger partial charge in [-0.1, -0.05) is 0 Å². The first-order valence-electron chi connectivity index (χ1n) is 3.64. The standard InChI is InChI=1S/C7H11NS/c1-2-6-3-5-9-7(6)8-4-1/h6H,1-5H2. The van der Waals surface area contributed by atoms with E-state index in [9.17, 15) is 0 Å². The lowest BCUT2D eigenvalue weighted by atomic mass is 10.00. The highest BCUT2D eigenvalue weighted by molar-refractivity contribution is 8.14. The maximum atomic E-state index is 4.47. The van der Waals surface area contributed by atoms with Crippen LogP contribution in [0.3, 0.4) is 0 Å². The second-order valence-electron chi connectivity index (χ2n) is 2.70. The number of hydrogen-bond donors (Lipinski definition) is 0. The molecule has 1 saturated heterocycles. The third-order valence-corrected chi connectivity index (χ3v) is 3.24. The Morgan fingerprint density at radius 1 is 1.44 bits per heavy atom. The number of rotatable bonds is 0. The van der Waals surface area contributed by atoms with Gasteiger partial charge in [0.2, 0.25) is 0 Å². The van der Waals surface area contributed by atoms with Crippen LogP contribution in [-0.4, -0.2) is 17.3 Å². The summed E-state index contributed by atoms with van der Waals surface area (Å²) >= 11 is 1.98. The van der Waals surface area contributed by atoms with Crippen molar-refractivity contribution >= 4 is 16.8 Å². The third-order valence-electron chi connectivity index (χ3n) is 2.04. The predicted octanol–water partition coefficient (Wildman–Crippen LogP) is 1.93.